The van der Waals surface area contributed by atoms with Crippen molar-refractivity contribution < 1.29 is 33.5 Å². The number of ketones is 1. The van der Waals surface area contributed by atoms with Gasteiger partial charge in [0.25, 0.3) is 11.8 Å². The summed E-state index contributed by atoms with van der Waals surface area (Å²) in [6.07, 6.45) is 12.2. The van der Waals surface area contributed by atoms with Gasteiger partial charge >= 0.3 is 5.97 Å². The smallest absolute Gasteiger partial charge is 0.333 e. The molecule has 0 N–H and O–H groups in total. The molecular weight excluding hydrogens is 719 g/mol. The van der Waals surface area contributed by atoms with Crippen LogP contribution in [0, 0.1) is 13.8 Å². The quantitative estimate of drug-likeness (QED) is 0.0946. The molecule has 1 aliphatic carbocycles. The van der Waals surface area contributed by atoms with Crippen molar-refractivity contribution in [3.8, 4) is 0 Å². The number of Topliss-reactive ketones (excluding diaryl/α,β-unsaturated/α-hetero) is 1. The predicted molar refractivity (Wildman–Crippen MR) is 223 cm³/mol. The molecule has 57 heavy (non-hydrogen) atoms. The highest BCUT2D eigenvalue weighted by Crippen LogP contribution is 2.49. The van der Waals surface area contributed by atoms with Gasteiger partial charge in [-0.1, -0.05) is 81.7 Å². The molecule has 0 radical (unpaired) electrons. The number of methoxy groups -OCH3 is 1. The second kappa shape index (κ2) is 17.9. The van der Waals surface area contributed by atoms with Gasteiger partial charge in [0, 0.05) is 73.4 Å². The van der Waals surface area contributed by atoms with Crippen molar-refractivity contribution in [2.75, 3.05) is 49.8 Å². The molecule has 1 unspecified atom stereocenters. The summed E-state index contributed by atoms with van der Waals surface area (Å²) in [6, 6.07) is 13.5. The molecule has 10 nitrogen and oxygen atoms in total. The van der Waals surface area contributed by atoms with Crippen LogP contribution in [0.3, 0.4) is 0 Å². The minimum absolute atomic E-state index is 0.0815. The minimum Gasteiger partial charge on any atom is -0.382 e. The maximum Gasteiger partial charge on any atom is 0.333 e. The molecule has 4 aliphatic rings. The number of amides is 2. The normalized spacial score (nSPS) is 22.0. The lowest BCUT2D eigenvalue weighted by Crippen LogP contribution is -2.43. The fraction of sp³-hybridized carbons (Fsp3) is 0.532. The van der Waals surface area contributed by atoms with Crippen molar-refractivity contribution in [1.82, 2.24) is 5.06 Å². The summed E-state index contributed by atoms with van der Waals surface area (Å²) >= 11 is 0. The molecule has 2 amide bonds. The van der Waals surface area contributed by atoms with E-state index in [4.69, 9.17) is 14.3 Å². The molecule has 306 valence electrons. The van der Waals surface area contributed by atoms with Gasteiger partial charge in [0.05, 0.1) is 19.8 Å². The highest BCUT2D eigenvalue weighted by molar-refractivity contribution is 6.09. The third kappa shape index (κ3) is 9.12. The van der Waals surface area contributed by atoms with E-state index in [-0.39, 0.29) is 41.9 Å². The van der Waals surface area contributed by atoms with Gasteiger partial charge in [-0.2, -0.15) is 0 Å². The van der Waals surface area contributed by atoms with Gasteiger partial charge in [-0.25, -0.2) is 4.79 Å². The number of ether oxygens (including phenoxy) is 2. The number of nitrogens with zero attached hydrogens (tertiary/aromatic N) is 3. The van der Waals surface area contributed by atoms with Crippen LogP contribution in [-0.2, 0) is 44.3 Å². The standard InChI is InChI=1S/C47H61N3O7/c1-32-15-19-38-36(30-32)46(3,4)40(48(38)25-10-8-9-14-44(53)57-50-42(51)23-24-43(50)52)21-17-34-12-11-13-35(45(34)54)18-22-41-47(5,6)37-31-33(2)16-20-39(37)49(41)26-27-56-29-28-55-7/h15-21,30-31,41H,8-14,22-29H2,1-7H3. The summed E-state index contributed by atoms with van der Waals surface area (Å²) in [7, 11) is 1.69. The number of rotatable bonds is 16. The molecule has 2 aromatic carbocycles. The fourth-order valence-corrected chi connectivity index (χ4v) is 9.00. The second-order valence-electron chi connectivity index (χ2n) is 17.1. The van der Waals surface area contributed by atoms with Gasteiger partial charge in [-0.3, -0.25) is 14.4 Å². The average Bonchev–Trinajstić information content (AvgIpc) is 3.68. The number of fused-ring (bicyclic) bond motifs is 2. The van der Waals surface area contributed by atoms with Crippen LogP contribution in [0.1, 0.15) is 114 Å². The Bertz CT molecular complexity index is 1940. The molecular formula is C47H61N3O7. The first-order chi connectivity index (χ1) is 27.2. The molecule has 2 aromatic rings. The van der Waals surface area contributed by atoms with Crippen LogP contribution in [0.5, 0.6) is 0 Å². The minimum atomic E-state index is -0.563. The molecule has 2 fully saturated rings. The monoisotopic (exact) mass is 779 g/mol. The Morgan fingerprint density at radius 2 is 1.47 bits per heavy atom. The van der Waals surface area contributed by atoms with Crippen molar-refractivity contribution in [2.45, 2.75) is 123 Å². The van der Waals surface area contributed by atoms with Crippen LogP contribution in [0.25, 0.3) is 0 Å². The highest BCUT2D eigenvalue weighted by Gasteiger charge is 2.44. The van der Waals surface area contributed by atoms with Crippen molar-refractivity contribution >= 4 is 34.9 Å². The van der Waals surface area contributed by atoms with Crippen LogP contribution in [0.2, 0.25) is 0 Å². The van der Waals surface area contributed by atoms with Crippen LogP contribution in [-0.4, -0.2) is 74.7 Å². The lowest BCUT2D eigenvalue weighted by Gasteiger charge is -2.34. The van der Waals surface area contributed by atoms with Gasteiger partial charge < -0.3 is 24.1 Å². The van der Waals surface area contributed by atoms with Gasteiger partial charge in [-0.15, -0.1) is 5.06 Å². The topological polar surface area (TPSA) is 106 Å². The van der Waals surface area contributed by atoms with Gasteiger partial charge in [-0.05, 0) is 92.9 Å². The maximum absolute atomic E-state index is 14.2. The second-order valence-corrected chi connectivity index (χ2v) is 17.1. The zero-order chi connectivity index (χ0) is 40.9. The van der Waals surface area contributed by atoms with Crippen LogP contribution in [0.4, 0.5) is 11.4 Å². The van der Waals surface area contributed by atoms with Crippen LogP contribution in [0.15, 0.2) is 71.5 Å². The third-order valence-corrected chi connectivity index (χ3v) is 12.3. The van der Waals surface area contributed by atoms with Gasteiger partial charge in [0.1, 0.15) is 0 Å². The average molecular weight is 780 g/mol. The molecule has 10 heteroatoms. The number of anilines is 2. The van der Waals surface area contributed by atoms with Crippen molar-refractivity contribution in [2.24, 2.45) is 0 Å². The molecule has 0 spiro atoms. The number of imide groups is 1. The molecule has 3 aliphatic heterocycles. The van der Waals surface area contributed by atoms with E-state index in [0.29, 0.717) is 31.3 Å². The van der Waals surface area contributed by atoms with Crippen molar-refractivity contribution in [1.29, 1.82) is 0 Å². The van der Waals surface area contributed by atoms with Crippen LogP contribution >= 0.6 is 0 Å². The number of carbonyl (C=O) groups excluding carboxylic acids is 4. The van der Waals surface area contributed by atoms with Crippen LogP contribution < -0.4 is 9.80 Å². The van der Waals surface area contributed by atoms with E-state index in [0.717, 1.165) is 68.5 Å². The number of aryl methyl sites for hydroxylation is 2. The predicted octanol–water partition coefficient (Wildman–Crippen LogP) is 8.28. The Morgan fingerprint density at radius 3 is 2.19 bits per heavy atom. The third-order valence-electron chi connectivity index (χ3n) is 12.3. The molecule has 1 saturated heterocycles. The summed E-state index contributed by atoms with van der Waals surface area (Å²) in [5.74, 6) is -1.34. The number of allylic oxidation sites excluding steroid dienone is 5. The first kappa shape index (κ1) is 42.1. The Labute approximate surface area is 338 Å². The Kier molecular flexibility index (Phi) is 13.2. The number of unbranched alkanes of at least 4 members (excludes halogenated alkanes) is 2. The SMILES string of the molecule is COCCOCCN1c2ccc(C)cc2C(C)(C)C1CC=C1CCCC(=CC=C2N(CCCCCC(=O)ON3C(=O)CCC3=O)c3ccc(C)cc3C2(C)C)C1=O. The zero-order valence-corrected chi connectivity index (χ0v) is 35.1. The largest absolute Gasteiger partial charge is 0.382 e. The molecule has 0 bridgehead atoms. The summed E-state index contributed by atoms with van der Waals surface area (Å²) in [4.78, 5) is 60.1. The summed E-state index contributed by atoms with van der Waals surface area (Å²) in [6.45, 7) is 16.7. The molecule has 0 aromatic heterocycles. The Morgan fingerprint density at radius 1 is 0.789 bits per heavy atom. The number of benzene rings is 2. The van der Waals surface area contributed by atoms with Gasteiger partial charge in [0.2, 0.25) is 0 Å². The maximum atomic E-state index is 14.2. The van der Waals surface area contributed by atoms with E-state index in [1.165, 1.54) is 33.6 Å². The van der Waals surface area contributed by atoms with E-state index in [1.54, 1.807) is 7.11 Å². The first-order valence-corrected chi connectivity index (χ1v) is 20.8. The number of hydrogen-bond donors (Lipinski definition) is 0. The van der Waals surface area contributed by atoms with E-state index >= 15 is 0 Å². The lowest BCUT2D eigenvalue weighted by molar-refractivity contribution is -0.197. The van der Waals surface area contributed by atoms with E-state index < -0.39 is 17.8 Å². The lowest BCUT2D eigenvalue weighted by atomic mass is 9.78. The molecule has 6 rings (SSSR count). The summed E-state index contributed by atoms with van der Waals surface area (Å²) in [5.41, 5.74) is 10.0. The summed E-state index contributed by atoms with van der Waals surface area (Å²) in [5, 5.41) is 0.614. The first-order valence-electron chi connectivity index (χ1n) is 20.8. The Hall–Kier alpha value is -4.54. The number of hydrogen-bond acceptors (Lipinski definition) is 9. The van der Waals surface area contributed by atoms with E-state index in [1.807, 2.05) is 0 Å². The molecule has 3 heterocycles. The van der Waals surface area contributed by atoms with Gasteiger partial charge in [0.15, 0.2) is 5.78 Å². The Balaban J connectivity index is 1.15. The summed E-state index contributed by atoms with van der Waals surface area (Å²) < 4.78 is 11.1. The van der Waals surface area contributed by atoms with E-state index in [2.05, 4.69) is 106 Å². The van der Waals surface area contributed by atoms with E-state index in [9.17, 15) is 19.2 Å². The number of carbonyl (C=O) groups is 4. The zero-order valence-electron chi connectivity index (χ0n) is 35.1. The van der Waals surface area contributed by atoms with Crippen molar-refractivity contribution in [3.63, 3.8) is 0 Å². The van der Waals surface area contributed by atoms with Crippen molar-refractivity contribution in [3.05, 3.63) is 93.7 Å². The number of hydroxylamine groups is 2. The fourth-order valence-electron chi connectivity index (χ4n) is 9.00. The molecule has 1 saturated carbocycles. The molecule has 1 atom stereocenters. The highest BCUT2D eigenvalue weighted by atomic mass is 16.7.